The Labute approximate surface area is 161 Å². The van der Waals surface area contributed by atoms with E-state index in [1.54, 1.807) is 39.0 Å². The summed E-state index contributed by atoms with van der Waals surface area (Å²) in [7, 11) is 1.52. The number of nitrogens with one attached hydrogen (secondary N) is 2. The van der Waals surface area contributed by atoms with Gasteiger partial charge in [0, 0.05) is 18.1 Å². The zero-order chi connectivity index (χ0) is 19.5. The summed E-state index contributed by atoms with van der Waals surface area (Å²) in [5.74, 6) is -0.639. The molecule has 0 spiro atoms. The van der Waals surface area contributed by atoms with E-state index in [0.29, 0.717) is 24.2 Å². The van der Waals surface area contributed by atoms with E-state index in [1.807, 2.05) is 0 Å². The number of rotatable bonds is 3. The lowest BCUT2D eigenvalue weighted by molar-refractivity contribution is -0.120. The maximum Gasteiger partial charge on any atom is 0.410 e. The molecular formula is C18H24BrN3O4. The molecule has 2 N–H and O–H groups in total. The first kappa shape index (κ1) is 20.2. The molecule has 0 unspecified atom stereocenters. The summed E-state index contributed by atoms with van der Waals surface area (Å²) in [6.45, 7) is 5.82. The van der Waals surface area contributed by atoms with Crippen LogP contribution in [0.15, 0.2) is 22.7 Å². The summed E-state index contributed by atoms with van der Waals surface area (Å²) < 4.78 is 6.12. The highest BCUT2D eigenvalue weighted by atomic mass is 79.9. The number of hydrogen-bond acceptors (Lipinski definition) is 4. The Hall–Kier alpha value is -2.09. The summed E-state index contributed by atoms with van der Waals surface area (Å²) in [4.78, 5) is 38.6. The predicted molar refractivity (Wildman–Crippen MR) is 102 cm³/mol. The second-order valence-electron chi connectivity index (χ2n) is 7.09. The van der Waals surface area contributed by atoms with Crippen LogP contribution in [0.5, 0.6) is 0 Å². The fourth-order valence-corrected chi connectivity index (χ4v) is 3.11. The fourth-order valence-electron chi connectivity index (χ4n) is 2.75. The number of anilines is 1. The molecule has 1 aliphatic rings. The van der Waals surface area contributed by atoms with Crippen molar-refractivity contribution in [1.82, 2.24) is 10.2 Å². The lowest BCUT2D eigenvalue weighted by Gasteiger charge is -2.28. The van der Waals surface area contributed by atoms with Gasteiger partial charge in [-0.25, -0.2) is 4.79 Å². The molecule has 1 saturated heterocycles. The van der Waals surface area contributed by atoms with Crippen molar-refractivity contribution in [1.29, 1.82) is 0 Å². The predicted octanol–water partition coefficient (Wildman–Crippen LogP) is 3.15. The number of hydrogen-bond donors (Lipinski definition) is 2. The summed E-state index contributed by atoms with van der Waals surface area (Å²) in [6, 6.07) is 4.39. The van der Waals surface area contributed by atoms with Gasteiger partial charge in [0.15, 0.2) is 0 Å². The maximum atomic E-state index is 12.8. The first-order valence-electron chi connectivity index (χ1n) is 8.44. The van der Waals surface area contributed by atoms with Gasteiger partial charge in [-0.3, -0.25) is 14.5 Å². The van der Waals surface area contributed by atoms with E-state index >= 15 is 0 Å². The van der Waals surface area contributed by atoms with Crippen molar-refractivity contribution >= 4 is 39.5 Å². The Balaban J connectivity index is 2.18. The van der Waals surface area contributed by atoms with Crippen molar-refractivity contribution in [2.45, 2.75) is 45.3 Å². The third-order valence-corrected chi connectivity index (χ3v) is 4.39. The molecule has 3 amide bonds. The Morgan fingerprint density at radius 2 is 1.96 bits per heavy atom. The zero-order valence-electron chi connectivity index (χ0n) is 15.4. The number of carbonyl (C=O) groups excluding carboxylic acids is 3. The summed E-state index contributed by atoms with van der Waals surface area (Å²) in [6.07, 6.45) is 0.767. The Morgan fingerprint density at radius 1 is 1.27 bits per heavy atom. The SMILES string of the molecule is CNC(=O)c1ccc(Br)cc1NC(=O)[C@@H]1CCCN1C(=O)OC(C)(C)C. The number of ether oxygens (including phenoxy) is 1. The minimum atomic E-state index is -0.628. The van der Waals surface area contributed by atoms with Crippen LogP contribution in [-0.2, 0) is 9.53 Å². The Morgan fingerprint density at radius 3 is 2.58 bits per heavy atom. The first-order valence-corrected chi connectivity index (χ1v) is 9.24. The molecule has 0 aromatic heterocycles. The molecule has 1 heterocycles. The normalized spacial score (nSPS) is 17.0. The van der Waals surface area contributed by atoms with Gasteiger partial charge >= 0.3 is 6.09 Å². The quantitative estimate of drug-likeness (QED) is 0.778. The van der Waals surface area contributed by atoms with Gasteiger partial charge < -0.3 is 15.4 Å². The molecular weight excluding hydrogens is 402 g/mol. The van der Waals surface area contributed by atoms with Crippen molar-refractivity contribution in [3.05, 3.63) is 28.2 Å². The molecule has 1 aliphatic heterocycles. The standard InChI is InChI=1S/C18H24BrN3O4/c1-18(2,3)26-17(25)22-9-5-6-14(22)16(24)21-13-10-11(19)7-8-12(13)15(23)20-4/h7-8,10,14H,5-6,9H2,1-4H3,(H,20,23)(H,21,24)/t14-/m0/s1. The molecule has 0 aliphatic carbocycles. The Bertz CT molecular complexity index is 715. The van der Waals surface area contributed by atoms with E-state index in [2.05, 4.69) is 26.6 Å². The van der Waals surface area contributed by atoms with E-state index in [9.17, 15) is 14.4 Å². The average molecular weight is 426 g/mol. The van der Waals surface area contributed by atoms with Crippen molar-refractivity contribution in [2.24, 2.45) is 0 Å². The molecule has 1 fully saturated rings. The van der Waals surface area contributed by atoms with Gasteiger partial charge in [-0.05, 0) is 51.8 Å². The molecule has 26 heavy (non-hydrogen) atoms. The number of amides is 3. The molecule has 1 aromatic rings. The lowest BCUT2D eigenvalue weighted by atomic mass is 10.1. The summed E-state index contributed by atoms with van der Waals surface area (Å²) in [5, 5.41) is 5.32. The van der Waals surface area contributed by atoms with Crippen LogP contribution < -0.4 is 10.6 Å². The number of benzene rings is 1. The topological polar surface area (TPSA) is 87.7 Å². The summed E-state index contributed by atoms with van der Waals surface area (Å²) in [5.41, 5.74) is 0.114. The first-order chi connectivity index (χ1) is 12.1. The Kier molecular flexibility index (Phi) is 6.28. The number of halogens is 1. The summed E-state index contributed by atoms with van der Waals surface area (Å²) >= 11 is 3.34. The van der Waals surface area contributed by atoms with Crippen molar-refractivity contribution < 1.29 is 19.1 Å². The smallest absolute Gasteiger partial charge is 0.410 e. The van der Waals surface area contributed by atoms with Gasteiger partial charge in [0.2, 0.25) is 5.91 Å². The third-order valence-electron chi connectivity index (χ3n) is 3.89. The average Bonchev–Trinajstić information content (AvgIpc) is 3.02. The third kappa shape index (κ3) is 4.97. The highest BCUT2D eigenvalue weighted by molar-refractivity contribution is 9.10. The minimum Gasteiger partial charge on any atom is -0.444 e. The molecule has 0 bridgehead atoms. The van der Waals surface area contributed by atoms with E-state index < -0.39 is 17.7 Å². The highest BCUT2D eigenvalue weighted by Gasteiger charge is 2.36. The molecule has 0 radical (unpaired) electrons. The van der Waals surface area contributed by atoms with E-state index in [-0.39, 0.29) is 11.8 Å². The lowest BCUT2D eigenvalue weighted by Crippen LogP contribution is -2.45. The number of nitrogens with zero attached hydrogens (tertiary/aromatic N) is 1. The van der Waals surface area contributed by atoms with E-state index in [4.69, 9.17) is 4.74 Å². The highest BCUT2D eigenvalue weighted by Crippen LogP contribution is 2.25. The van der Waals surface area contributed by atoms with Crippen LogP contribution in [0.4, 0.5) is 10.5 Å². The molecule has 1 aromatic carbocycles. The molecule has 2 rings (SSSR count). The van der Waals surface area contributed by atoms with Crippen LogP contribution in [0.3, 0.4) is 0 Å². The van der Waals surface area contributed by atoms with Crippen LogP contribution in [0.1, 0.15) is 44.0 Å². The minimum absolute atomic E-state index is 0.303. The maximum absolute atomic E-state index is 12.8. The van der Waals surface area contributed by atoms with Gasteiger partial charge in [0.1, 0.15) is 11.6 Å². The van der Waals surface area contributed by atoms with Gasteiger partial charge in [0.05, 0.1) is 11.3 Å². The molecule has 142 valence electrons. The van der Waals surface area contributed by atoms with Crippen LogP contribution in [0.25, 0.3) is 0 Å². The van der Waals surface area contributed by atoms with Gasteiger partial charge in [0.25, 0.3) is 5.91 Å². The van der Waals surface area contributed by atoms with Crippen LogP contribution in [0.2, 0.25) is 0 Å². The second kappa shape index (κ2) is 8.07. The monoisotopic (exact) mass is 425 g/mol. The molecule has 8 heteroatoms. The van der Waals surface area contributed by atoms with E-state index in [0.717, 1.165) is 10.9 Å². The van der Waals surface area contributed by atoms with Crippen LogP contribution in [0, 0.1) is 0 Å². The number of carbonyl (C=O) groups is 3. The molecule has 0 saturated carbocycles. The zero-order valence-corrected chi connectivity index (χ0v) is 17.0. The van der Waals surface area contributed by atoms with Crippen molar-refractivity contribution in [3.63, 3.8) is 0 Å². The number of likely N-dealkylation sites (tertiary alicyclic amines) is 1. The van der Waals surface area contributed by atoms with Crippen molar-refractivity contribution in [2.75, 3.05) is 18.9 Å². The van der Waals surface area contributed by atoms with Gasteiger partial charge in [-0.15, -0.1) is 0 Å². The fraction of sp³-hybridized carbons (Fsp3) is 0.500. The van der Waals surface area contributed by atoms with Gasteiger partial charge in [-0.2, -0.15) is 0 Å². The van der Waals surface area contributed by atoms with Crippen LogP contribution in [-0.4, -0.2) is 48.0 Å². The largest absolute Gasteiger partial charge is 0.444 e. The van der Waals surface area contributed by atoms with E-state index in [1.165, 1.54) is 11.9 Å². The van der Waals surface area contributed by atoms with Crippen molar-refractivity contribution in [3.8, 4) is 0 Å². The van der Waals surface area contributed by atoms with Gasteiger partial charge in [-0.1, -0.05) is 15.9 Å². The van der Waals surface area contributed by atoms with Crippen LogP contribution >= 0.6 is 15.9 Å². The molecule has 1 atom stereocenters. The molecule has 7 nitrogen and oxygen atoms in total. The second-order valence-corrected chi connectivity index (χ2v) is 8.01.